The van der Waals surface area contributed by atoms with Crippen LogP contribution in [0.3, 0.4) is 0 Å². The number of aliphatic hydroxyl groups is 1. The van der Waals surface area contributed by atoms with Crippen molar-refractivity contribution in [3.8, 4) is 0 Å². The molecule has 1 heterocycles. The molecule has 5 rings (SSSR count). The van der Waals surface area contributed by atoms with Crippen LogP contribution in [0.5, 0.6) is 0 Å². The van der Waals surface area contributed by atoms with E-state index in [1.54, 1.807) is 11.1 Å². The lowest BCUT2D eigenvalue weighted by Crippen LogP contribution is -2.49. The van der Waals surface area contributed by atoms with Crippen LogP contribution in [0.1, 0.15) is 64.4 Å². The minimum atomic E-state index is -0.0944. The number of aliphatic hydroxyl groups excluding tert-OH is 1. The molecular weight excluding hydrogens is 324 g/mol. The van der Waals surface area contributed by atoms with Crippen molar-refractivity contribution in [1.29, 1.82) is 0 Å². The normalized spacial score (nSPS) is 45.9. The van der Waals surface area contributed by atoms with E-state index in [0.717, 1.165) is 30.6 Å². The molecule has 25 heavy (non-hydrogen) atoms. The first kappa shape index (κ1) is 16.3. The molecule has 2 saturated carbocycles. The second-order valence-electron chi connectivity index (χ2n) is 9.48. The highest BCUT2D eigenvalue weighted by Crippen LogP contribution is 2.66. The zero-order chi connectivity index (χ0) is 17.2. The molecule has 2 heteroatoms. The lowest BCUT2D eigenvalue weighted by molar-refractivity contribution is -0.0238. The lowest BCUT2D eigenvalue weighted by atomic mass is 9.47. The highest BCUT2D eigenvalue weighted by molar-refractivity contribution is 7.08. The lowest BCUT2D eigenvalue weighted by Gasteiger charge is -2.57. The fourth-order valence-electron chi connectivity index (χ4n) is 7.07. The van der Waals surface area contributed by atoms with Gasteiger partial charge in [-0.25, -0.2) is 0 Å². The van der Waals surface area contributed by atoms with Crippen LogP contribution < -0.4 is 0 Å². The van der Waals surface area contributed by atoms with Gasteiger partial charge in [0.15, 0.2) is 0 Å². The summed E-state index contributed by atoms with van der Waals surface area (Å²) < 4.78 is 0. The molecule has 0 radical (unpaired) electrons. The van der Waals surface area contributed by atoms with Crippen molar-refractivity contribution in [3.05, 3.63) is 40.1 Å². The monoisotopic (exact) mass is 354 g/mol. The Hall–Kier alpha value is -0.860. The summed E-state index contributed by atoms with van der Waals surface area (Å²) in [6.45, 7) is 5.07. The molecule has 2 fully saturated rings. The van der Waals surface area contributed by atoms with Crippen LogP contribution in [0.25, 0.3) is 5.57 Å². The molecule has 134 valence electrons. The Morgan fingerprint density at radius 3 is 2.68 bits per heavy atom. The minimum Gasteiger partial charge on any atom is -0.393 e. The summed E-state index contributed by atoms with van der Waals surface area (Å²) in [6.07, 6.45) is 13.3. The Kier molecular flexibility index (Phi) is 3.63. The Balaban J connectivity index is 1.48. The number of hydrogen-bond acceptors (Lipinski definition) is 2. The van der Waals surface area contributed by atoms with Gasteiger partial charge >= 0.3 is 0 Å². The van der Waals surface area contributed by atoms with E-state index < -0.39 is 0 Å². The highest BCUT2D eigenvalue weighted by Gasteiger charge is 2.56. The van der Waals surface area contributed by atoms with Crippen molar-refractivity contribution >= 4 is 16.9 Å². The van der Waals surface area contributed by atoms with Gasteiger partial charge in [0.2, 0.25) is 0 Å². The van der Waals surface area contributed by atoms with Gasteiger partial charge in [-0.1, -0.05) is 31.6 Å². The molecule has 0 aromatic carbocycles. The van der Waals surface area contributed by atoms with Crippen LogP contribution in [-0.2, 0) is 0 Å². The number of thiophene rings is 1. The summed E-state index contributed by atoms with van der Waals surface area (Å²) >= 11 is 1.83. The van der Waals surface area contributed by atoms with Gasteiger partial charge in [0, 0.05) is 0 Å². The number of fused-ring (bicyclic) bond motifs is 5. The summed E-state index contributed by atoms with van der Waals surface area (Å²) in [7, 11) is 0. The predicted molar refractivity (Wildman–Crippen MR) is 105 cm³/mol. The molecule has 0 unspecified atom stereocenters. The van der Waals surface area contributed by atoms with Gasteiger partial charge in [-0.05, 0) is 101 Å². The van der Waals surface area contributed by atoms with Crippen LogP contribution in [0.2, 0.25) is 0 Å². The van der Waals surface area contributed by atoms with E-state index in [2.05, 4.69) is 42.8 Å². The molecular formula is C23H30OS. The molecule has 4 aliphatic rings. The van der Waals surface area contributed by atoms with E-state index in [1.807, 2.05) is 11.3 Å². The molecule has 0 saturated heterocycles. The largest absolute Gasteiger partial charge is 0.393 e. The van der Waals surface area contributed by atoms with Crippen molar-refractivity contribution < 1.29 is 5.11 Å². The van der Waals surface area contributed by atoms with E-state index >= 15 is 0 Å². The number of rotatable bonds is 1. The summed E-state index contributed by atoms with van der Waals surface area (Å²) in [5, 5.41) is 14.7. The molecule has 6 atom stereocenters. The molecule has 1 N–H and O–H groups in total. The third kappa shape index (κ3) is 2.23. The van der Waals surface area contributed by atoms with Gasteiger partial charge in [0.1, 0.15) is 0 Å². The van der Waals surface area contributed by atoms with Gasteiger partial charge in [0.25, 0.3) is 0 Å². The van der Waals surface area contributed by atoms with E-state index in [-0.39, 0.29) is 6.10 Å². The Morgan fingerprint density at radius 2 is 1.88 bits per heavy atom. The molecule has 0 aliphatic heterocycles. The van der Waals surface area contributed by atoms with Crippen molar-refractivity contribution in [1.82, 2.24) is 0 Å². The maximum Gasteiger partial charge on any atom is 0.0577 e. The van der Waals surface area contributed by atoms with E-state index in [4.69, 9.17) is 0 Å². The topological polar surface area (TPSA) is 20.2 Å². The second kappa shape index (κ2) is 5.57. The summed E-state index contributed by atoms with van der Waals surface area (Å²) in [6, 6.07) is 2.32. The predicted octanol–water partition coefficient (Wildman–Crippen LogP) is 6.07. The highest BCUT2D eigenvalue weighted by atomic mass is 32.1. The van der Waals surface area contributed by atoms with Crippen LogP contribution >= 0.6 is 11.3 Å². The standard InChI is InChI=1S/C23H30OS/c1-22-10-7-17(24)13-16(22)3-4-18-20-6-5-19(15-9-12-25-14-15)23(20,2)11-8-21(18)22/h3,5,9,12,14,17-18,20-21,24H,4,6-8,10-11,13H2,1-2H3/t17-,18-,20-,21-,22-,23+/m0/s1. The zero-order valence-electron chi connectivity index (χ0n) is 15.5. The average Bonchev–Trinajstić information content (AvgIpc) is 3.22. The molecule has 1 aromatic rings. The smallest absolute Gasteiger partial charge is 0.0577 e. The molecule has 1 aromatic heterocycles. The first-order valence-electron chi connectivity index (χ1n) is 10.1. The van der Waals surface area contributed by atoms with E-state index in [1.165, 1.54) is 37.7 Å². The maximum absolute atomic E-state index is 10.1. The molecule has 0 amide bonds. The third-order valence-electron chi connectivity index (χ3n) is 8.49. The summed E-state index contributed by atoms with van der Waals surface area (Å²) in [5.41, 5.74) is 5.43. The van der Waals surface area contributed by atoms with Gasteiger partial charge in [0.05, 0.1) is 6.10 Å². The fourth-order valence-corrected chi connectivity index (χ4v) is 7.73. The zero-order valence-corrected chi connectivity index (χ0v) is 16.3. The molecule has 0 bridgehead atoms. The summed E-state index contributed by atoms with van der Waals surface area (Å²) in [4.78, 5) is 0. The van der Waals surface area contributed by atoms with Crippen LogP contribution in [0.4, 0.5) is 0 Å². The van der Waals surface area contributed by atoms with Crippen molar-refractivity contribution in [3.63, 3.8) is 0 Å². The van der Waals surface area contributed by atoms with Gasteiger partial charge in [-0.2, -0.15) is 11.3 Å². The first-order valence-corrected chi connectivity index (χ1v) is 11.1. The minimum absolute atomic E-state index is 0.0944. The third-order valence-corrected chi connectivity index (χ3v) is 9.17. The Morgan fingerprint density at radius 1 is 1.04 bits per heavy atom. The van der Waals surface area contributed by atoms with Crippen LogP contribution in [0.15, 0.2) is 34.6 Å². The SMILES string of the molecule is C[C@]12CC[C@H](O)CC1=CC[C@@H]1[C@@H]2CC[C@]2(C)C(c3ccsc3)=CC[C@@H]12. The van der Waals surface area contributed by atoms with Crippen molar-refractivity contribution in [2.45, 2.75) is 64.9 Å². The van der Waals surface area contributed by atoms with Crippen molar-refractivity contribution in [2.75, 3.05) is 0 Å². The number of allylic oxidation sites excluding steroid dienone is 3. The number of hydrogen-bond donors (Lipinski definition) is 1. The van der Waals surface area contributed by atoms with Crippen LogP contribution in [-0.4, -0.2) is 11.2 Å². The van der Waals surface area contributed by atoms with Gasteiger partial charge < -0.3 is 5.11 Å². The van der Waals surface area contributed by atoms with E-state index in [9.17, 15) is 5.11 Å². The second-order valence-corrected chi connectivity index (χ2v) is 10.3. The quantitative estimate of drug-likeness (QED) is 0.607. The van der Waals surface area contributed by atoms with Crippen LogP contribution in [0, 0.1) is 28.6 Å². The van der Waals surface area contributed by atoms with Crippen molar-refractivity contribution in [2.24, 2.45) is 28.6 Å². The fraction of sp³-hybridized carbons (Fsp3) is 0.652. The molecule has 1 nitrogen and oxygen atoms in total. The Labute approximate surface area is 155 Å². The summed E-state index contributed by atoms with van der Waals surface area (Å²) in [5.74, 6) is 2.46. The molecule has 4 aliphatic carbocycles. The molecule has 0 spiro atoms. The first-order chi connectivity index (χ1) is 12.0. The Bertz CT molecular complexity index is 729. The van der Waals surface area contributed by atoms with Gasteiger partial charge in [-0.15, -0.1) is 0 Å². The van der Waals surface area contributed by atoms with Gasteiger partial charge in [-0.3, -0.25) is 0 Å². The average molecular weight is 355 g/mol. The maximum atomic E-state index is 10.1. The van der Waals surface area contributed by atoms with E-state index in [0.29, 0.717) is 10.8 Å².